The number of hydrogen-bond donors (Lipinski definition) is 1. The van der Waals surface area contributed by atoms with Gasteiger partial charge in [0.1, 0.15) is 0 Å². The molecule has 1 atom stereocenters. The fourth-order valence-corrected chi connectivity index (χ4v) is 2.73. The van der Waals surface area contributed by atoms with E-state index in [0.29, 0.717) is 17.1 Å². The number of hydrazone groups is 1. The quantitative estimate of drug-likeness (QED) is 0.496. The maximum atomic E-state index is 12.5. The average molecular weight is 382 g/mol. The third-order valence-electron chi connectivity index (χ3n) is 3.52. The van der Waals surface area contributed by atoms with Gasteiger partial charge in [-0.2, -0.15) is 28.8 Å². The molecular weight excluding hydrogens is 367 g/mol. The van der Waals surface area contributed by atoms with Gasteiger partial charge in [-0.25, -0.2) is 0 Å². The fraction of sp³-hybridized carbons (Fsp3) is 0.125. The van der Waals surface area contributed by atoms with Crippen molar-refractivity contribution in [3.8, 4) is 0 Å². The van der Waals surface area contributed by atoms with Crippen LogP contribution in [0.15, 0.2) is 74.8 Å². The molecule has 1 aliphatic heterocycles. The van der Waals surface area contributed by atoms with E-state index in [1.807, 2.05) is 18.2 Å². The SMILES string of the molecule is CC1=NN(c2ccc(S(=O)(=O)O)cc2)C(=O)C1N=Nc1ccccc1.[NaH]. The van der Waals surface area contributed by atoms with Crippen molar-refractivity contribution < 1.29 is 17.8 Å². The Morgan fingerprint density at radius 2 is 1.69 bits per heavy atom. The van der Waals surface area contributed by atoms with Gasteiger partial charge in [-0.05, 0) is 43.3 Å². The van der Waals surface area contributed by atoms with Crippen LogP contribution in [0.5, 0.6) is 0 Å². The topological polar surface area (TPSA) is 112 Å². The van der Waals surface area contributed by atoms with E-state index in [-0.39, 0.29) is 34.5 Å². The molecule has 0 bridgehead atoms. The van der Waals surface area contributed by atoms with Gasteiger partial charge < -0.3 is 0 Å². The standard InChI is InChI=1S/C16H14N4O4S.Na.H/c1-11-15(18-17-12-5-3-2-4-6-12)16(21)20(19-11)13-7-9-14(10-8-13)25(22,23)24;;/h2-10,15H,1H3,(H,22,23,24);;. The van der Waals surface area contributed by atoms with E-state index in [0.717, 1.165) is 5.01 Å². The number of benzene rings is 2. The molecule has 1 N–H and O–H groups in total. The summed E-state index contributed by atoms with van der Waals surface area (Å²) in [5, 5.41) is 13.4. The van der Waals surface area contributed by atoms with Crippen LogP contribution in [-0.2, 0) is 14.9 Å². The molecule has 0 fully saturated rings. The van der Waals surface area contributed by atoms with Crippen molar-refractivity contribution in [3.63, 3.8) is 0 Å². The van der Waals surface area contributed by atoms with Gasteiger partial charge in [0.05, 0.1) is 22.0 Å². The van der Waals surface area contributed by atoms with E-state index in [2.05, 4.69) is 15.3 Å². The third kappa shape index (κ3) is 4.43. The molecule has 130 valence electrons. The van der Waals surface area contributed by atoms with E-state index in [1.165, 1.54) is 24.3 Å². The minimum absolute atomic E-state index is 0. The summed E-state index contributed by atoms with van der Waals surface area (Å²) in [5.74, 6) is -0.392. The molecule has 0 aromatic heterocycles. The molecule has 0 saturated heterocycles. The number of carbonyl (C=O) groups is 1. The second-order valence-electron chi connectivity index (χ2n) is 5.31. The molecule has 8 nitrogen and oxygen atoms in total. The van der Waals surface area contributed by atoms with Gasteiger partial charge in [-0.1, -0.05) is 18.2 Å². The average Bonchev–Trinajstić information content (AvgIpc) is 2.87. The number of rotatable bonds is 4. The molecule has 0 aliphatic carbocycles. The van der Waals surface area contributed by atoms with Gasteiger partial charge in [0, 0.05) is 0 Å². The monoisotopic (exact) mass is 382 g/mol. The van der Waals surface area contributed by atoms with Crippen LogP contribution in [0.4, 0.5) is 11.4 Å². The zero-order valence-electron chi connectivity index (χ0n) is 13.1. The van der Waals surface area contributed by atoms with Gasteiger partial charge in [-0.3, -0.25) is 9.35 Å². The van der Waals surface area contributed by atoms with Crippen LogP contribution in [0.3, 0.4) is 0 Å². The summed E-state index contributed by atoms with van der Waals surface area (Å²) in [6.45, 7) is 1.67. The summed E-state index contributed by atoms with van der Waals surface area (Å²) in [6.07, 6.45) is 0. The van der Waals surface area contributed by atoms with Crippen molar-refractivity contribution in [2.45, 2.75) is 17.9 Å². The van der Waals surface area contributed by atoms with Crippen molar-refractivity contribution in [2.24, 2.45) is 15.3 Å². The number of anilines is 1. The first-order valence-electron chi connectivity index (χ1n) is 7.29. The Labute approximate surface area is 172 Å². The van der Waals surface area contributed by atoms with Crippen molar-refractivity contribution in [1.29, 1.82) is 0 Å². The van der Waals surface area contributed by atoms with E-state index in [4.69, 9.17) is 4.55 Å². The van der Waals surface area contributed by atoms with Crippen LogP contribution >= 0.6 is 0 Å². The number of carbonyl (C=O) groups excluding carboxylic acids is 1. The Morgan fingerprint density at radius 3 is 2.27 bits per heavy atom. The summed E-state index contributed by atoms with van der Waals surface area (Å²) >= 11 is 0. The Morgan fingerprint density at radius 1 is 1.08 bits per heavy atom. The Hall–Kier alpha value is -1.91. The Kier molecular flexibility index (Phi) is 6.43. The number of hydrogen-bond acceptors (Lipinski definition) is 6. The fourth-order valence-electron chi connectivity index (χ4n) is 2.25. The number of nitrogens with zero attached hydrogens (tertiary/aromatic N) is 4. The number of amides is 1. The molecule has 0 radical (unpaired) electrons. The molecular formula is C16H15N4NaO4S. The van der Waals surface area contributed by atoms with E-state index >= 15 is 0 Å². The van der Waals surface area contributed by atoms with Crippen LogP contribution in [0, 0.1) is 0 Å². The summed E-state index contributed by atoms with van der Waals surface area (Å²) in [4.78, 5) is 12.2. The van der Waals surface area contributed by atoms with Crippen LogP contribution < -0.4 is 5.01 Å². The molecule has 3 rings (SSSR count). The first-order chi connectivity index (χ1) is 11.9. The summed E-state index contributed by atoms with van der Waals surface area (Å²) in [6, 6.07) is 13.3. The van der Waals surface area contributed by atoms with Gasteiger partial charge in [0.15, 0.2) is 6.04 Å². The molecule has 0 saturated carbocycles. The van der Waals surface area contributed by atoms with Crippen molar-refractivity contribution in [2.75, 3.05) is 5.01 Å². The van der Waals surface area contributed by atoms with E-state index in [1.54, 1.807) is 19.1 Å². The zero-order valence-corrected chi connectivity index (χ0v) is 14.0. The predicted molar refractivity (Wildman–Crippen MR) is 98.7 cm³/mol. The first-order valence-corrected chi connectivity index (χ1v) is 8.73. The molecule has 1 unspecified atom stereocenters. The third-order valence-corrected chi connectivity index (χ3v) is 4.39. The van der Waals surface area contributed by atoms with Crippen molar-refractivity contribution in [1.82, 2.24) is 0 Å². The van der Waals surface area contributed by atoms with Gasteiger partial charge in [0.25, 0.3) is 16.0 Å². The Balaban J connectivity index is 0.00000243. The number of azo groups is 1. The van der Waals surface area contributed by atoms with E-state index < -0.39 is 22.1 Å². The van der Waals surface area contributed by atoms with Crippen LogP contribution in [-0.4, -0.2) is 60.2 Å². The van der Waals surface area contributed by atoms with Gasteiger partial charge in [-0.15, -0.1) is 0 Å². The summed E-state index contributed by atoms with van der Waals surface area (Å²) in [7, 11) is -4.29. The van der Waals surface area contributed by atoms with Crippen molar-refractivity contribution >= 4 is 62.7 Å². The molecule has 26 heavy (non-hydrogen) atoms. The zero-order chi connectivity index (χ0) is 18.0. The molecule has 1 amide bonds. The molecule has 1 heterocycles. The Bertz CT molecular complexity index is 960. The van der Waals surface area contributed by atoms with Crippen LogP contribution in [0.1, 0.15) is 6.92 Å². The molecule has 2 aromatic carbocycles. The predicted octanol–water partition coefficient (Wildman–Crippen LogP) is 2.16. The molecule has 0 spiro atoms. The molecule has 2 aromatic rings. The second kappa shape index (κ2) is 8.19. The van der Waals surface area contributed by atoms with Gasteiger partial charge >= 0.3 is 29.6 Å². The molecule has 1 aliphatic rings. The van der Waals surface area contributed by atoms with Crippen LogP contribution in [0.25, 0.3) is 0 Å². The maximum absolute atomic E-state index is 12.5. The molecule has 10 heteroatoms. The van der Waals surface area contributed by atoms with Crippen LogP contribution in [0.2, 0.25) is 0 Å². The van der Waals surface area contributed by atoms with E-state index in [9.17, 15) is 13.2 Å². The summed E-state index contributed by atoms with van der Waals surface area (Å²) in [5.41, 5.74) is 1.47. The first kappa shape index (κ1) is 20.4. The second-order valence-corrected chi connectivity index (χ2v) is 6.74. The van der Waals surface area contributed by atoms with Crippen molar-refractivity contribution in [3.05, 3.63) is 54.6 Å². The normalized spacial score (nSPS) is 17.3. The summed E-state index contributed by atoms with van der Waals surface area (Å²) < 4.78 is 31.1. The van der Waals surface area contributed by atoms with Gasteiger partial charge in [0.2, 0.25) is 0 Å². The minimum atomic E-state index is -4.29.